The summed E-state index contributed by atoms with van der Waals surface area (Å²) in [7, 11) is 0. The van der Waals surface area contributed by atoms with E-state index in [1.807, 2.05) is 0 Å². The third-order valence-corrected chi connectivity index (χ3v) is 3.74. The Balaban J connectivity index is 1.94. The summed E-state index contributed by atoms with van der Waals surface area (Å²) in [5, 5.41) is 8.88. The van der Waals surface area contributed by atoms with Crippen LogP contribution < -0.4 is 16.0 Å². The topological polar surface area (TPSA) is 53.2 Å². The van der Waals surface area contributed by atoms with Gasteiger partial charge in [0.15, 0.2) is 6.29 Å². The summed E-state index contributed by atoms with van der Waals surface area (Å²) in [6.45, 7) is 0. The van der Waals surface area contributed by atoms with Crippen LogP contribution in [0.25, 0.3) is 0 Å². The van der Waals surface area contributed by atoms with Crippen molar-refractivity contribution in [2.24, 2.45) is 0 Å². The Morgan fingerprint density at radius 3 is 1.21 bits per heavy atom. The van der Waals surface area contributed by atoms with Gasteiger partial charge in [-0.3, -0.25) is 4.79 Å². The van der Waals surface area contributed by atoms with E-state index in [-0.39, 0.29) is 11.5 Å². The number of hydrogen-bond donors (Lipinski definition) is 3. The first kappa shape index (κ1) is 19.0. The lowest BCUT2D eigenvalue weighted by molar-refractivity contribution is -0.104. The molecule has 0 aliphatic rings. The predicted molar refractivity (Wildman–Crippen MR) is 103 cm³/mol. The predicted octanol–water partition coefficient (Wildman–Crippen LogP) is 5.11. The summed E-state index contributed by atoms with van der Waals surface area (Å²) in [4.78, 5) is 11.7. The largest absolute Gasteiger partial charge is 0.350 e. The molecule has 0 unspecified atom stereocenters. The zero-order valence-electron chi connectivity index (χ0n) is 14.5. The Bertz CT molecular complexity index is 920. The van der Waals surface area contributed by atoms with Crippen LogP contribution in [0.15, 0.2) is 84.3 Å². The summed E-state index contributed by atoms with van der Waals surface area (Å²) < 4.78 is 39.4. The van der Waals surface area contributed by atoms with Gasteiger partial charge in [0.25, 0.3) is 0 Å². The number of halogens is 3. The second-order valence-electron chi connectivity index (χ2n) is 5.80. The van der Waals surface area contributed by atoms with Gasteiger partial charge in [-0.15, -0.1) is 0 Å². The van der Waals surface area contributed by atoms with Crippen LogP contribution in [-0.2, 0) is 4.79 Å². The molecule has 3 aromatic carbocycles. The molecule has 0 heterocycles. The van der Waals surface area contributed by atoms with Crippen LogP contribution in [0.5, 0.6) is 0 Å². The van der Waals surface area contributed by atoms with Crippen molar-refractivity contribution in [3.8, 4) is 0 Å². The van der Waals surface area contributed by atoms with Crippen LogP contribution in [0.1, 0.15) is 0 Å². The standard InChI is InChI=1S/C21H16F3N3O/c22-14-1-7-17(8-2-14)25-20(13-28)21(26-18-9-3-15(23)4-10-18)27-19-11-5-16(24)6-12-19/h1-13,25-27H. The molecule has 28 heavy (non-hydrogen) atoms. The molecule has 0 aromatic heterocycles. The highest BCUT2D eigenvalue weighted by Gasteiger charge is 2.09. The average Bonchev–Trinajstić information content (AvgIpc) is 2.70. The molecule has 0 atom stereocenters. The van der Waals surface area contributed by atoms with Gasteiger partial charge in [-0.25, -0.2) is 13.2 Å². The molecule has 0 spiro atoms. The van der Waals surface area contributed by atoms with Crippen molar-refractivity contribution in [1.82, 2.24) is 0 Å². The maximum atomic E-state index is 13.2. The molecule has 0 aliphatic heterocycles. The summed E-state index contributed by atoms with van der Waals surface area (Å²) in [5.74, 6) is -0.959. The Morgan fingerprint density at radius 1 is 0.571 bits per heavy atom. The van der Waals surface area contributed by atoms with Crippen molar-refractivity contribution in [3.63, 3.8) is 0 Å². The molecule has 4 nitrogen and oxygen atoms in total. The van der Waals surface area contributed by atoms with Crippen LogP contribution in [0.4, 0.5) is 30.2 Å². The Labute approximate surface area is 159 Å². The molecule has 142 valence electrons. The highest BCUT2D eigenvalue weighted by Crippen LogP contribution is 2.19. The second kappa shape index (κ2) is 8.77. The first-order chi connectivity index (χ1) is 13.5. The first-order valence-electron chi connectivity index (χ1n) is 8.31. The fraction of sp³-hybridized carbons (Fsp3) is 0. The summed E-state index contributed by atoms with van der Waals surface area (Å²) in [6.07, 6.45) is 0.575. The van der Waals surface area contributed by atoms with Crippen molar-refractivity contribution < 1.29 is 18.0 Å². The molecule has 0 aliphatic carbocycles. The van der Waals surface area contributed by atoms with Crippen LogP contribution in [0, 0.1) is 17.5 Å². The minimum absolute atomic E-state index is 0.111. The van der Waals surface area contributed by atoms with E-state index in [2.05, 4.69) is 16.0 Å². The van der Waals surface area contributed by atoms with Gasteiger partial charge in [0.1, 0.15) is 29.0 Å². The van der Waals surface area contributed by atoms with E-state index in [1.165, 1.54) is 72.8 Å². The lowest BCUT2D eigenvalue weighted by Gasteiger charge is -2.17. The molecule has 3 N–H and O–H groups in total. The number of aldehydes is 1. The Morgan fingerprint density at radius 2 is 0.893 bits per heavy atom. The Hall–Kier alpha value is -3.74. The van der Waals surface area contributed by atoms with Gasteiger partial charge in [-0.05, 0) is 72.8 Å². The number of carbonyl (C=O) groups excluding carboxylic acids is 1. The minimum atomic E-state index is -0.406. The van der Waals surface area contributed by atoms with Gasteiger partial charge in [-0.1, -0.05) is 0 Å². The van der Waals surface area contributed by atoms with Gasteiger partial charge in [0.2, 0.25) is 0 Å². The SMILES string of the molecule is O=CC(Nc1ccc(F)cc1)=C(Nc1ccc(F)cc1)Nc1ccc(F)cc1. The van der Waals surface area contributed by atoms with E-state index in [9.17, 15) is 18.0 Å². The zero-order valence-corrected chi connectivity index (χ0v) is 14.5. The van der Waals surface area contributed by atoms with E-state index in [4.69, 9.17) is 0 Å². The maximum absolute atomic E-state index is 13.2. The van der Waals surface area contributed by atoms with Gasteiger partial charge < -0.3 is 16.0 Å². The van der Waals surface area contributed by atoms with Crippen molar-refractivity contribution in [3.05, 3.63) is 102 Å². The fourth-order valence-electron chi connectivity index (χ4n) is 2.36. The van der Waals surface area contributed by atoms with Crippen molar-refractivity contribution in [2.45, 2.75) is 0 Å². The monoisotopic (exact) mass is 383 g/mol. The van der Waals surface area contributed by atoms with Crippen LogP contribution in [0.3, 0.4) is 0 Å². The van der Waals surface area contributed by atoms with Crippen molar-refractivity contribution in [2.75, 3.05) is 16.0 Å². The number of allylic oxidation sites excluding steroid dienone is 1. The summed E-state index contributed by atoms with van der Waals surface area (Å²) in [6, 6.07) is 16.6. The number of rotatable bonds is 7. The molecule has 0 fully saturated rings. The fourth-order valence-corrected chi connectivity index (χ4v) is 2.36. The quantitative estimate of drug-likeness (QED) is 0.392. The summed E-state index contributed by atoms with van der Waals surface area (Å²) in [5.41, 5.74) is 1.64. The van der Waals surface area contributed by atoms with E-state index >= 15 is 0 Å². The van der Waals surface area contributed by atoms with E-state index in [0.29, 0.717) is 23.3 Å². The molecule has 0 bridgehead atoms. The highest BCUT2D eigenvalue weighted by molar-refractivity contribution is 5.82. The van der Waals surface area contributed by atoms with Gasteiger partial charge in [-0.2, -0.15) is 0 Å². The van der Waals surface area contributed by atoms with Crippen LogP contribution in [-0.4, -0.2) is 6.29 Å². The number of anilines is 3. The smallest absolute Gasteiger partial charge is 0.170 e. The van der Waals surface area contributed by atoms with E-state index < -0.39 is 17.5 Å². The zero-order chi connectivity index (χ0) is 19.9. The third-order valence-electron chi connectivity index (χ3n) is 3.74. The molecule has 7 heteroatoms. The number of carbonyl (C=O) groups is 1. The van der Waals surface area contributed by atoms with Gasteiger partial charge in [0.05, 0.1) is 0 Å². The first-order valence-corrected chi connectivity index (χ1v) is 8.31. The summed E-state index contributed by atoms with van der Waals surface area (Å²) >= 11 is 0. The molecule has 0 radical (unpaired) electrons. The second-order valence-corrected chi connectivity index (χ2v) is 5.80. The molecule has 0 saturated heterocycles. The maximum Gasteiger partial charge on any atom is 0.170 e. The molecular weight excluding hydrogens is 367 g/mol. The molecule has 3 aromatic rings. The molecule has 0 saturated carbocycles. The van der Waals surface area contributed by atoms with E-state index in [1.54, 1.807) is 0 Å². The van der Waals surface area contributed by atoms with Crippen LogP contribution in [0.2, 0.25) is 0 Å². The van der Waals surface area contributed by atoms with Crippen LogP contribution >= 0.6 is 0 Å². The van der Waals surface area contributed by atoms with Gasteiger partial charge >= 0.3 is 0 Å². The third kappa shape index (κ3) is 5.14. The average molecular weight is 383 g/mol. The normalized spacial score (nSPS) is 10.1. The number of hydrogen-bond acceptors (Lipinski definition) is 4. The minimum Gasteiger partial charge on any atom is -0.350 e. The number of nitrogens with one attached hydrogen (secondary N) is 3. The van der Waals surface area contributed by atoms with Gasteiger partial charge in [0, 0.05) is 17.1 Å². The van der Waals surface area contributed by atoms with E-state index in [0.717, 1.165) is 0 Å². The van der Waals surface area contributed by atoms with Crippen molar-refractivity contribution in [1.29, 1.82) is 0 Å². The lowest BCUT2D eigenvalue weighted by atomic mass is 10.2. The van der Waals surface area contributed by atoms with Crippen molar-refractivity contribution >= 4 is 23.3 Å². The Kier molecular flexibility index (Phi) is 5.96. The highest BCUT2D eigenvalue weighted by atomic mass is 19.1. The lowest BCUT2D eigenvalue weighted by Crippen LogP contribution is -2.18. The number of benzene rings is 3. The molecule has 3 rings (SSSR count). The molecule has 0 amide bonds. The molecular formula is C21H16F3N3O.